The van der Waals surface area contributed by atoms with Crippen molar-refractivity contribution in [1.82, 2.24) is 19.7 Å². The summed E-state index contributed by atoms with van der Waals surface area (Å²) in [7, 11) is 1.97. The van der Waals surface area contributed by atoms with Crippen LogP contribution in [0.2, 0.25) is 5.02 Å². The summed E-state index contributed by atoms with van der Waals surface area (Å²) in [4.78, 5) is 16.1. The molecular weight excluding hydrogens is 358 g/mol. The lowest BCUT2D eigenvalue weighted by Gasteiger charge is -2.20. The van der Waals surface area contributed by atoms with E-state index in [1.807, 2.05) is 11.6 Å². The average molecular weight is 380 g/mol. The van der Waals surface area contributed by atoms with Gasteiger partial charge in [0.15, 0.2) is 5.16 Å². The molecule has 2 aromatic heterocycles. The summed E-state index contributed by atoms with van der Waals surface area (Å²) in [5, 5.41) is 12.6. The molecule has 2 heterocycles. The summed E-state index contributed by atoms with van der Waals surface area (Å²) in [6.45, 7) is 0. The number of anilines is 1. The topological polar surface area (TPSA) is 72.7 Å². The van der Waals surface area contributed by atoms with Crippen LogP contribution >= 0.6 is 23.4 Å². The Bertz CT molecular complexity index is 712. The van der Waals surface area contributed by atoms with Crippen molar-refractivity contribution in [2.24, 2.45) is 13.0 Å². The van der Waals surface area contributed by atoms with E-state index in [2.05, 4.69) is 20.5 Å². The van der Waals surface area contributed by atoms with Crippen LogP contribution in [0.1, 0.15) is 37.9 Å². The summed E-state index contributed by atoms with van der Waals surface area (Å²) in [6, 6.07) is 3.37. The van der Waals surface area contributed by atoms with Gasteiger partial charge < -0.3 is 9.88 Å². The van der Waals surface area contributed by atoms with Gasteiger partial charge in [-0.25, -0.2) is 4.98 Å². The van der Waals surface area contributed by atoms with Gasteiger partial charge in [-0.3, -0.25) is 4.79 Å². The van der Waals surface area contributed by atoms with Gasteiger partial charge in [-0.1, -0.05) is 55.5 Å². The van der Waals surface area contributed by atoms with E-state index in [1.54, 1.807) is 12.1 Å². The monoisotopic (exact) mass is 379 g/mol. The molecule has 0 radical (unpaired) electrons. The largest absolute Gasteiger partial charge is 0.310 e. The maximum atomic E-state index is 12.0. The number of carbonyl (C=O) groups is 1. The van der Waals surface area contributed by atoms with E-state index in [-0.39, 0.29) is 11.7 Å². The summed E-state index contributed by atoms with van der Waals surface area (Å²) in [5.41, 5.74) is 0. The summed E-state index contributed by atoms with van der Waals surface area (Å²) in [5.74, 6) is 2.35. The summed E-state index contributed by atoms with van der Waals surface area (Å²) >= 11 is 7.17. The van der Waals surface area contributed by atoms with Gasteiger partial charge in [0.25, 0.3) is 0 Å². The Kier molecular flexibility index (Phi) is 6.31. The van der Waals surface area contributed by atoms with E-state index >= 15 is 0 Å². The number of thioether (sulfide) groups is 1. The highest BCUT2D eigenvalue weighted by Crippen LogP contribution is 2.27. The zero-order chi connectivity index (χ0) is 17.6. The van der Waals surface area contributed by atoms with Gasteiger partial charge in [-0.2, -0.15) is 0 Å². The first-order valence-corrected chi connectivity index (χ1v) is 9.90. The van der Waals surface area contributed by atoms with Crippen molar-refractivity contribution in [3.63, 3.8) is 0 Å². The first kappa shape index (κ1) is 18.2. The smallest absolute Gasteiger partial charge is 0.236 e. The normalized spacial score (nSPS) is 15.3. The standard InChI is InChI=1S/C17H22ClN5OS/c1-23-15(9-12-5-3-2-4-6-12)21-22-17(23)25-11-16(24)20-14-8-7-13(18)10-19-14/h7-8,10,12H,2-6,9,11H2,1H3,(H,19,20,24). The van der Waals surface area contributed by atoms with Crippen LogP contribution in [0.25, 0.3) is 0 Å². The lowest BCUT2D eigenvalue weighted by atomic mass is 9.87. The Morgan fingerprint density at radius 3 is 2.84 bits per heavy atom. The van der Waals surface area contributed by atoms with Crippen molar-refractivity contribution < 1.29 is 4.79 Å². The molecule has 0 atom stereocenters. The second-order valence-corrected chi connectivity index (χ2v) is 7.74. The van der Waals surface area contributed by atoms with Crippen molar-refractivity contribution >= 4 is 35.1 Å². The van der Waals surface area contributed by atoms with Crippen LogP contribution in [0, 0.1) is 5.92 Å². The Labute approximate surface area is 156 Å². The Morgan fingerprint density at radius 1 is 1.32 bits per heavy atom. The van der Waals surface area contributed by atoms with Crippen LogP contribution in [0.5, 0.6) is 0 Å². The van der Waals surface area contributed by atoms with Crippen LogP contribution in [-0.4, -0.2) is 31.4 Å². The number of hydrogen-bond acceptors (Lipinski definition) is 5. The molecule has 6 nitrogen and oxygen atoms in total. The lowest BCUT2D eigenvalue weighted by molar-refractivity contribution is -0.113. The lowest BCUT2D eigenvalue weighted by Crippen LogP contribution is -2.15. The molecule has 25 heavy (non-hydrogen) atoms. The van der Waals surface area contributed by atoms with Crippen LogP contribution in [0.15, 0.2) is 23.5 Å². The number of amides is 1. The van der Waals surface area contributed by atoms with Crippen LogP contribution < -0.4 is 5.32 Å². The van der Waals surface area contributed by atoms with Crippen LogP contribution in [0.3, 0.4) is 0 Å². The molecule has 1 amide bonds. The number of nitrogens with one attached hydrogen (secondary N) is 1. The minimum atomic E-state index is -0.128. The Balaban J connectivity index is 1.50. The molecule has 134 valence electrons. The number of nitrogens with zero attached hydrogens (tertiary/aromatic N) is 4. The molecule has 0 bridgehead atoms. The number of carbonyl (C=O) groups excluding carboxylic acids is 1. The first-order chi connectivity index (χ1) is 12.1. The average Bonchev–Trinajstić information content (AvgIpc) is 2.96. The van der Waals surface area contributed by atoms with Crippen LogP contribution in [0.4, 0.5) is 5.82 Å². The van der Waals surface area contributed by atoms with E-state index in [9.17, 15) is 4.79 Å². The van der Waals surface area contributed by atoms with Crippen molar-refractivity contribution in [3.05, 3.63) is 29.2 Å². The number of pyridine rings is 1. The van der Waals surface area contributed by atoms with Crippen molar-refractivity contribution in [2.75, 3.05) is 11.1 Å². The summed E-state index contributed by atoms with van der Waals surface area (Å²) in [6.07, 6.45) is 9.05. The molecule has 1 fully saturated rings. The molecule has 1 aliphatic carbocycles. The zero-order valence-electron chi connectivity index (χ0n) is 14.2. The zero-order valence-corrected chi connectivity index (χ0v) is 15.8. The maximum Gasteiger partial charge on any atom is 0.236 e. The molecule has 0 aromatic carbocycles. The third-order valence-electron chi connectivity index (χ3n) is 4.45. The number of halogens is 1. The summed E-state index contributed by atoms with van der Waals surface area (Å²) < 4.78 is 2.01. The van der Waals surface area contributed by atoms with E-state index in [4.69, 9.17) is 11.6 Å². The van der Waals surface area contributed by atoms with Crippen molar-refractivity contribution in [1.29, 1.82) is 0 Å². The molecule has 8 heteroatoms. The van der Waals surface area contributed by atoms with E-state index in [0.717, 1.165) is 17.4 Å². The molecule has 0 aliphatic heterocycles. The molecule has 2 aromatic rings. The fraction of sp³-hybridized carbons (Fsp3) is 0.529. The first-order valence-electron chi connectivity index (χ1n) is 8.54. The van der Waals surface area contributed by atoms with Gasteiger partial charge in [0, 0.05) is 19.7 Å². The van der Waals surface area contributed by atoms with Crippen molar-refractivity contribution in [3.8, 4) is 0 Å². The maximum absolute atomic E-state index is 12.0. The van der Waals surface area contributed by atoms with Gasteiger partial charge >= 0.3 is 0 Å². The quantitative estimate of drug-likeness (QED) is 0.774. The minimum Gasteiger partial charge on any atom is -0.310 e. The highest BCUT2D eigenvalue weighted by atomic mass is 35.5. The molecular formula is C17H22ClN5OS. The SMILES string of the molecule is Cn1c(CC2CCCCC2)nnc1SCC(=O)Nc1ccc(Cl)cn1. The number of aromatic nitrogens is 4. The van der Waals surface area contributed by atoms with Gasteiger partial charge in [-0.05, 0) is 18.1 Å². The minimum absolute atomic E-state index is 0.128. The fourth-order valence-corrected chi connectivity index (χ4v) is 3.90. The van der Waals surface area contributed by atoms with E-state index in [1.165, 1.54) is 50.1 Å². The van der Waals surface area contributed by atoms with E-state index < -0.39 is 0 Å². The van der Waals surface area contributed by atoms with Gasteiger partial charge in [0.05, 0.1) is 10.8 Å². The fourth-order valence-electron chi connectivity index (χ4n) is 3.06. The highest BCUT2D eigenvalue weighted by molar-refractivity contribution is 7.99. The van der Waals surface area contributed by atoms with Gasteiger partial charge in [0.1, 0.15) is 11.6 Å². The highest BCUT2D eigenvalue weighted by Gasteiger charge is 2.18. The second-order valence-electron chi connectivity index (χ2n) is 6.36. The van der Waals surface area contributed by atoms with Gasteiger partial charge in [0.2, 0.25) is 5.91 Å². The molecule has 0 spiro atoms. The van der Waals surface area contributed by atoms with Gasteiger partial charge in [-0.15, -0.1) is 10.2 Å². The molecule has 0 unspecified atom stereocenters. The number of hydrogen-bond donors (Lipinski definition) is 1. The molecule has 1 saturated carbocycles. The second kappa shape index (κ2) is 8.67. The number of rotatable bonds is 6. The molecule has 1 N–H and O–H groups in total. The third kappa shape index (κ3) is 5.19. The van der Waals surface area contributed by atoms with Crippen LogP contribution in [-0.2, 0) is 18.3 Å². The third-order valence-corrected chi connectivity index (χ3v) is 5.69. The predicted molar refractivity (Wildman–Crippen MR) is 99.9 cm³/mol. The molecule has 0 saturated heterocycles. The molecule has 1 aliphatic rings. The predicted octanol–water partition coefficient (Wildman–Crippen LogP) is 3.72. The van der Waals surface area contributed by atoms with Crippen molar-refractivity contribution in [2.45, 2.75) is 43.7 Å². The Hall–Kier alpha value is -1.60. The van der Waals surface area contributed by atoms with E-state index in [0.29, 0.717) is 16.8 Å². The Morgan fingerprint density at radius 2 is 2.12 bits per heavy atom. The molecule has 3 rings (SSSR count).